The number of aliphatic hydroxyl groups is 2. The number of nitrogens with two attached hydrogens (primary N) is 1. The highest BCUT2D eigenvalue weighted by Gasteiger charge is 2.34. The molecule has 0 saturated carbocycles. The summed E-state index contributed by atoms with van der Waals surface area (Å²) < 4.78 is 5.30. The first-order valence-corrected chi connectivity index (χ1v) is 12.1. The Morgan fingerprint density at radius 1 is 0.833 bits per heavy atom. The first kappa shape index (κ1) is 29.0. The fourth-order valence-corrected chi connectivity index (χ4v) is 4.06. The molecule has 0 aromatic rings. The van der Waals surface area contributed by atoms with Gasteiger partial charge in [0.15, 0.2) is 5.78 Å². The van der Waals surface area contributed by atoms with Crippen molar-refractivity contribution < 1.29 is 24.5 Å². The molecule has 0 bridgehead atoms. The maximum atomic E-state index is 12.3. The zero-order chi connectivity index (χ0) is 22.7. The number of hydrogen-bond donors (Lipinski definition) is 3. The van der Waals surface area contributed by atoms with Gasteiger partial charge in [0.05, 0.1) is 6.61 Å². The minimum atomic E-state index is -1.38. The smallest absolute Gasteiger partial charge is 0.223 e. The Kier molecular flexibility index (Phi) is 18.1. The summed E-state index contributed by atoms with van der Waals surface area (Å²) in [4.78, 5) is 23.7. The van der Waals surface area contributed by atoms with Crippen LogP contribution >= 0.6 is 0 Å². The van der Waals surface area contributed by atoms with Gasteiger partial charge in [0, 0.05) is 12.0 Å². The molecular weight excluding hydrogens is 382 g/mol. The molecule has 0 rings (SSSR count). The van der Waals surface area contributed by atoms with Crippen LogP contribution in [0.2, 0.25) is 0 Å². The second-order valence-electron chi connectivity index (χ2n) is 8.65. The van der Waals surface area contributed by atoms with Crippen molar-refractivity contribution in [3.05, 3.63) is 0 Å². The molecule has 0 aromatic carbocycles. The maximum Gasteiger partial charge on any atom is 0.223 e. The van der Waals surface area contributed by atoms with E-state index in [4.69, 9.17) is 15.6 Å². The predicted octanol–water partition coefficient (Wildman–Crippen LogP) is 4.29. The molecule has 0 heterocycles. The van der Waals surface area contributed by atoms with Gasteiger partial charge in [-0.25, -0.2) is 0 Å². The summed E-state index contributed by atoms with van der Waals surface area (Å²) in [5.41, 5.74) is 5.31. The van der Waals surface area contributed by atoms with Crippen molar-refractivity contribution >= 4 is 11.7 Å². The van der Waals surface area contributed by atoms with Gasteiger partial charge in [0.1, 0.15) is 12.7 Å². The van der Waals surface area contributed by atoms with Crippen molar-refractivity contribution in [2.45, 2.75) is 116 Å². The number of primary amides is 1. The molecule has 1 amide bonds. The number of rotatable bonds is 22. The molecule has 0 aliphatic rings. The maximum absolute atomic E-state index is 12.3. The Balaban J connectivity index is 4.17. The number of Topliss-reactive ketones (excluding diaryl/α,β-unsaturated/α-hetero) is 1. The fraction of sp³-hybridized carbons (Fsp3) is 0.917. The molecule has 2 unspecified atom stereocenters. The van der Waals surface area contributed by atoms with E-state index in [1.54, 1.807) is 0 Å². The van der Waals surface area contributed by atoms with E-state index in [1.165, 1.54) is 51.4 Å². The van der Waals surface area contributed by atoms with Gasteiger partial charge in [-0.1, -0.05) is 84.5 Å². The SMILES string of the molecule is CCCCCCCCCCCCC(CCC)(CCCOCC(=O)C(O)CO)C(N)=O. The van der Waals surface area contributed by atoms with Gasteiger partial charge < -0.3 is 20.7 Å². The largest absolute Gasteiger partial charge is 0.393 e. The lowest BCUT2D eigenvalue weighted by atomic mass is 9.74. The minimum Gasteiger partial charge on any atom is -0.393 e. The van der Waals surface area contributed by atoms with E-state index in [1.807, 2.05) is 0 Å². The third kappa shape index (κ3) is 13.3. The zero-order valence-electron chi connectivity index (χ0n) is 19.5. The van der Waals surface area contributed by atoms with Crippen LogP contribution in [0.5, 0.6) is 0 Å². The van der Waals surface area contributed by atoms with Gasteiger partial charge in [0.2, 0.25) is 5.91 Å². The quantitative estimate of drug-likeness (QED) is 0.222. The molecule has 2 atom stereocenters. The van der Waals surface area contributed by atoms with Crippen molar-refractivity contribution in [2.24, 2.45) is 11.1 Å². The van der Waals surface area contributed by atoms with Crippen LogP contribution in [0.15, 0.2) is 0 Å². The Bertz CT molecular complexity index is 443. The molecule has 0 aliphatic heterocycles. The molecule has 0 radical (unpaired) electrons. The molecule has 0 saturated heterocycles. The van der Waals surface area contributed by atoms with Gasteiger partial charge in [-0.15, -0.1) is 0 Å². The first-order chi connectivity index (χ1) is 14.4. The predicted molar refractivity (Wildman–Crippen MR) is 121 cm³/mol. The van der Waals surface area contributed by atoms with Crippen molar-refractivity contribution in [3.8, 4) is 0 Å². The molecule has 0 spiro atoms. The second kappa shape index (κ2) is 18.8. The van der Waals surface area contributed by atoms with Gasteiger partial charge in [-0.3, -0.25) is 9.59 Å². The van der Waals surface area contributed by atoms with Crippen molar-refractivity contribution in [3.63, 3.8) is 0 Å². The number of unbranched alkanes of at least 4 members (excludes halogenated alkanes) is 9. The third-order valence-corrected chi connectivity index (χ3v) is 5.99. The lowest BCUT2D eigenvalue weighted by molar-refractivity contribution is -0.134. The molecule has 6 heteroatoms. The van der Waals surface area contributed by atoms with Crippen LogP contribution in [0, 0.1) is 5.41 Å². The molecule has 0 aromatic heterocycles. The van der Waals surface area contributed by atoms with Gasteiger partial charge in [-0.2, -0.15) is 0 Å². The number of aliphatic hydroxyl groups excluding tert-OH is 2. The van der Waals surface area contributed by atoms with Crippen LogP contribution in [0.1, 0.15) is 110 Å². The molecule has 178 valence electrons. The number of hydrogen-bond acceptors (Lipinski definition) is 5. The Morgan fingerprint density at radius 3 is 1.87 bits per heavy atom. The Hall–Kier alpha value is -0.980. The minimum absolute atomic E-state index is 0.225. The molecule has 30 heavy (non-hydrogen) atoms. The van der Waals surface area contributed by atoms with Crippen LogP contribution in [0.4, 0.5) is 0 Å². The van der Waals surface area contributed by atoms with Crippen molar-refractivity contribution in [1.29, 1.82) is 0 Å². The van der Waals surface area contributed by atoms with Crippen LogP contribution in [0.25, 0.3) is 0 Å². The van der Waals surface area contributed by atoms with Gasteiger partial charge in [0.25, 0.3) is 0 Å². The highest BCUT2D eigenvalue weighted by atomic mass is 16.5. The van der Waals surface area contributed by atoms with Crippen molar-refractivity contribution in [1.82, 2.24) is 0 Å². The molecule has 6 nitrogen and oxygen atoms in total. The number of amides is 1. The third-order valence-electron chi connectivity index (χ3n) is 5.99. The Labute approximate surface area is 183 Å². The van der Waals surface area contributed by atoms with Crippen LogP contribution < -0.4 is 5.73 Å². The van der Waals surface area contributed by atoms with Crippen LogP contribution in [-0.2, 0) is 14.3 Å². The summed E-state index contributed by atoms with van der Waals surface area (Å²) in [6.07, 6.45) is 15.0. The van der Waals surface area contributed by atoms with Crippen LogP contribution in [-0.4, -0.2) is 47.8 Å². The summed E-state index contributed by atoms with van der Waals surface area (Å²) in [5.74, 6) is -0.760. The number of carbonyl (C=O) groups is 2. The van der Waals surface area contributed by atoms with Gasteiger partial charge in [-0.05, 0) is 25.7 Å². The molecule has 0 fully saturated rings. The highest BCUT2D eigenvalue weighted by molar-refractivity contribution is 5.84. The van der Waals surface area contributed by atoms with E-state index in [-0.39, 0.29) is 12.5 Å². The van der Waals surface area contributed by atoms with Crippen molar-refractivity contribution in [2.75, 3.05) is 19.8 Å². The standard InChI is InChI=1S/C24H47NO5/c1-3-5-6-7-8-9-10-11-12-13-16-24(15-4-2,23(25)29)17-14-18-30-20-22(28)21(27)19-26/h21,26-27H,3-20H2,1-2H3,(H2,25,29). The summed E-state index contributed by atoms with van der Waals surface area (Å²) >= 11 is 0. The lowest BCUT2D eigenvalue weighted by Crippen LogP contribution is -2.37. The van der Waals surface area contributed by atoms with Gasteiger partial charge >= 0.3 is 0 Å². The molecule has 4 N–H and O–H groups in total. The van der Waals surface area contributed by atoms with E-state index in [9.17, 15) is 14.7 Å². The van der Waals surface area contributed by atoms with Crippen LogP contribution in [0.3, 0.4) is 0 Å². The number of ketones is 1. The first-order valence-electron chi connectivity index (χ1n) is 12.1. The average Bonchev–Trinajstić information content (AvgIpc) is 2.73. The topological polar surface area (TPSA) is 110 Å². The number of carbonyl (C=O) groups excluding carboxylic acids is 2. The summed E-state index contributed by atoms with van der Waals surface area (Å²) in [5, 5.41) is 18.0. The monoisotopic (exact) mass is 429 g/mol. The second-order valence-corrected chi connectivity index (χ2v) is 8.65. The molecule has 0 aliphatic carbocycles. The van der Waals surface area contributed by atoms with E-state index in [0.717, 1.165) is 32.1 Å². The average molecular weight is 430 g/mol. The summed E-state index contributed by atoms with van der Waals surface area (Å²) in [6, 6.07) is 0. The van der Waals surface area contributed by atoms with E-state index in [2.05, 4.69) is 13.8 Å². The lowest BCUT2D eigenvalue weighted by Gasteiger charge is -2.30. The normalized spacial score (nSPS) is 14.4. The molecular formula is C24H47NO5. The Morgan fingerprint density at radius 2 is 1.37 bits per heavy atom. The number of ether oxygens (including phenoxy) is 1. The van der Waals surface area contributed by atoms with E-state index < -0.39 is 23.9 Å². The summed E-state index contributed by atoms with van der Waals surface area (Å²) in [7, 11) is 0. The van der Waals surface area contributed by atoms with E-state index in [0.29, 0.717) is 19.4 Å². The fourth-order valence-electron chi connectivity index (χ4n) is 4.06. The highest BCUT2D eigenvalue weighted by Crippen LogP contribution is 2.35. The van der Waals surface area contributed by atoms with E-state index >= 15 is 0 Å². The summed E-state index contributed by atoms with van der Waals surface area (Å²) in [6.45, 7) is 3.82. The zero-order valence-corrected chi connectivity index (χ0v) is 19.5.